The number of carbonyl (C=O) groups excluding carboxylic acids is 6. The molecule has 32 heavy (non-hydrogen) atoms. The van der Waals surface area contributed by atoms with Crippen molar-refractivity contribution in [3.05, 3.63) is 69.7 Å². The number of Topliss-reactive ketones (excluding diaryl/α,β-unsaturated/α-hetero) is 4. The highest BCUT2D eigenvalue weighted by atomic mass is 35.5. The fourth-order valence-electron chi connectivity index (χ4n) is 3.69. The number of hydrogen-bond donors (Lipinski definition) is 0. The van der Waals surface area contributed by atoms with Gasteiger partial charge in [-0.3, -0.25) is 19.2 Å². The lowest BCUT2D eigenvalue weighted by molar-refractivity contribution is -0.157. The van der Waals surface area contributed by atoms with Crippen molar-refractivity contribution in [3.63, 3.8) is 0 Å². The summed E-state index contributed by atoms with van der Waals surface area (Å²) < 4.78 is 10.1. The first-order valence-corrected chi connectivity index (χ1v) is 10.0. The predicted octanol–water partition coefficient (Wildman–Crippen LogP) is 2.28. The van der Waals surface area contributed by atoms with Crippen LogP contribution < -0.4 is 0 Å². The smallest absolute Gasteiger partial charge is 0.376 e. The van der Waals surface area contributed by atoms with Gasteiger partial charge in [0.1, 0.15) is 11.8 Å². The summed E-state index contributed by atoms with van der Waals surface area (Å²) in [6.07, 6.45) is -3.29. The molecule has 0 radical (unpaired) electrons. The van der Waals surface area contributed by atoms with Crippen LogP contribution in [0.1, 0.15) is 20.7 Å². The van der Waals surface area contributed by atoms with E-state index >= 15 is 0 Å². The van der Waals surface area contributed by atoms with Crippen molar-refractivity contribution >= 4 is 58.3 Å². The Morgan fingerprint density at radius 2 is 0.906 bits per heavy atom. The number of halogens is 2. The molecule has 2 saturated heterocycles. The molecule has 10 heteroatoms. The Morgan fingerprint density at radius 3 is 1.22 bits per heavy atom. The van der Waals surface area contributed by atoms with Crippen LogP contribution in [0.2, 0.25) is 10.0 Å². The fraction of sp³-hybridized carbons (Fsp3) is 0.182. The minimum Gasteiger partial charge on any atom is -0.451 e. The van der Waals surface area contributed by atoms with Crippen LogP contribution in [0.15, 0.2) is 48.5 Å². The van der Waals surface area contributed by atoms with E-state index in [0.717, 1.165) is 0 Å². The van der Waals surface area contributed by atoms with Crippen LogP contribution in [-0.4, -0.2) is 47.3 Å². The Labute approximate surface area is 190 Å². The zero-order valence-corrected chi connectivity index (χ0v) is 17.5. The molecule has 4 atom stereocenters. The molecule has 4 rings (SSSR count). The van der Waals surface area contributed by atoms with Crippen molar-refractivity contribution in [2.24, 2.45) is 11.8 Å². The topological polar surface area (TPSA) is 121 Å². The van der Waals surface area contributed by atoms with Gasteiger partial charge in [-0.15, -0.1) is 0 Å². The van der Waals surface area contributed by atoms with E-state index in [2.05, 4.69) is 0 Å². The lowest BCUT2D eigenvalue weighted by Gasteiger charge is -2.24. The second-order valence-electron chi connectivity index (χ2n) is 7.17. The molecule has 0 saturated carbocycles. The maximum absolute atomic E-state index is 13.0. The van der Waals surface area contributed by atoms with Gasteiger partial charge in [0.2, 0.25) is 0 Å². The number of ether oxygens (including phenoxy) is 2. The Balaban J connectivity index is 1.71. The molecule has 2 fully saturated rings. The van der Waals surface area contributed by atoms with Gasteiger partial charge in [0.15, 0.2) is 23.8 Å². The van der Waals surface area contributed by atoms with Crippen molar-refractivity contribution in [2.45, 2.75) is 12.2 Å². The molecule has 8 nitrogen and oxygen atoms in total. The van der Waals surface area contributed by atoms with Crippen molar-refractivity contribution < 1.29 is 38.2 Å². The normalized spacial score (nSPS) is 24.9. The molecule has 162 valence electrons. The van der Waals surface area contributed by atoms with Crippen molar-refractivity contribution in [2.75, 3.05) is 0 Å². The molecule has 0 unspecified atom stereocenters. The minimum absolute atomic E-state index is 0.0484. The maximum Gasteiger partial charge on any atom is 0.376 e. The van der Waals surface area contributed by atoms with E-state index < -0.39 is 59.1 Å². The third kappa shape index (κ3) is 3.72. The Hall–Kier alpha value is -3.36. The fourth-order valence-corrected chi connectivity index (χ4v) is 3.94. The van der Waals surface area contributed by atoms with Crippen LogP contribution in [0.5, 0.6) is 0 Å². The predicted molar refractivity (Wildman–Crippen MR) is 108 cm³/mol. The highest BCUT2D eigenvalue weighted by molar-refractivity contribution is 6.43. The van der Waals surface area contributed by atoms with E-state index in [9.17, 15) is 28.8 Å². The Kier molecular flexibility index (Phi) is 5.66. The molecule has 0 amide bonds. The largest absolute Gasteiger partial charge is 0.451 e. The summed E-state index contributed by atoms with van der Waals surface area (Å²) in [4.78, 5) is 75.0. The van der Waals surface area contributed by atoms with Gasteiger partial charge >= 0.3 is 11.9 Å². The van der Waals surface area contributed by atoms with Crippen LogP contribution in [0.3, 0.4) is 0 Å². The first-order chi connectivity index (χ1) is 15.2. The minimum atomic E-state index is -1.70. The molecular formula is C22H12Cl2O8. The Bertz CT molecular complexity index is 1080. The zero-order chi connectivity index (χ0) is 23.2. The Morgan fingerprint density at radius 1 is 0.594 bits per heavy atom. The maximum atomic E-state index is 13.0. The molecule has 0 aliphatic carbocycles. The lowest BCUT2D eigenvalue weighted by atomic mass is 9.81. The second kappa shape index (κ2) is 8.29. The van der Waals surface area contributed by atoms with Crippen molar-refractivity contribution in [1.82, 2.24) is 0 Å². The number of carbonyl (C=O) groups is 6. The summed E-state index contributed by atoms with van der Waals surface area (Å²) >= 11 is 11.6. The van der Waals surface area contributed by atoms with E-state index in [0.29, 0.717) is 10.0 Å². The second-order valence-corrected chi connectivity index (χ2v) is 8.04. The number of cyclic esters (lactones) is 2. The average Bonchev–Trinajstić information content (AvgIpc) is 3.23. The summed E-state index contributed by atoms with van der Waals surface area (Å²) in [5, 5.41) is 0.680. The molecule has 2 heterocycles. The van der Waals surface area contributed by atoms with Gasteiger partial charge in [0, 0.05) is 21.2 Å². The number of ketones is 4. The third-order valence-electron chi connectivity index (χ3n) is 5.26. The first kappa shape index (κ1) is 21.9. The first-order valence-electron chi connectivity index (χ1n) is 9.28. The average molecular weight is 475 g/mol. The zero-order valence-electron chi connectivity index (χ0n) is 16.0. The molecule has 2 aliphatic heterocycles. The molecular weight excluding hydrogens is 463 g/mol. The van der Waals surface area contributed by atoms with Crippen molar-refractivity contribution in [3.8, 4) is 0 Å². The summed E-state index contributed by atoms with van der Waals surface area (Å²) in [5.41, 5.74) is 0.0968. The van der Waals surface area contributed by atoms with Crippen molar-refractivity contribution in [1.29, 1.82) is 0 Å². The SMILES string of the molecule is O=C1O[C@H]([C@H]2OC(=O)C(=O)[C@H]2C(=O)c2ccc(Cl)cc2)[C@@H](C(=O)c2ccc(Cl)cc2)C1=O. The van der Waals surface area contributed by atoms with E-state index in [1.807, 2.05) is 0 Å². The summed E-state index contributed by atoms with van der Waals surface area (Å²) in [5.74, 6) is -9.97. The molecule has 2 aromatic rings. The standard InChI is InChI=1S/C22H12Cl2O8/c23-11-5-1-9(2-6-11)15(25)13-17(27)21(29)31-19(13)20-14(18(28)22(30)32-20)16(26)10-3-7-12(24)8-4-10/h1-8,13-14,19-20H/t13-,14+,19-,20-/m0/s1. The highest BCUT2D eigenvalue weighted by Gasteiger charge is 2.60. The van der Waals surface area contributed by atoms with E-state index in [-0.39, 0.29) is 11.1 Å². The summed E-state index contributed by atoms with van der Waals surface area (Å²) in [7, 11) is 0. The van der Waals surface area contributed by atoms with Gasteiger partial charge in [-0.25, -0.2) is 9.59 Å². The molecule has 0 aromatic heterocycles. The van der Waals surface area contributed by atoms with Crippen LogP contribution in [-0.2, 0) is 28.7 Å². The van der Waals surface area contributed by atoms with E-state index in [4.69, 9.17) is 32.7 Å². The molecule has 0 spiro atoms. The molecule has 0 bridgehead atoms. The van der Waals surface area contributed by atoms with Gasteiger partial charge in [-0.1, -0.05) is 23.2 Å². The van der Waals surface area contributed by atoms with Gasteiger partial charge in [-0.05, 0) is 48.5 Å². The third-order valence-corrected chi connectivity index (χ3v) is 5.76. The quantitative estimate of drug-likeness (QED) is 0.280. The van der Waals surface area contributed by atoms with Gasteiger partial charge in [0.25, 0.3) is 11.6 Å². The van der Waals surface area contributed by atoms with Crippen LogP contribution in [0.4, 0.5) is 0 Å². The lowest BCUT2D eigenvalue weighted by Crippen LogP contribution is -2.44. The van der Waals surface area contributed by atoms with E-state index in [1.165, 1.54) is 48.5 Å². The van der Waals surface area contributed by atoms with Gasteiger partial charge in [-0.2, -0.15) is 0 Å². The number of rotatable bonds is 5. The molecule has 0 N–H and O–H groups in total. The summed E-state index contributed by atoms with van der Waals surface area (Å²) in [6.45, 7) is 0. The monoisotopic (exact) mass is 474 g/mol. The van der Waals surface area contributed by atoms with Gasteiger partial charge < -0.3 is 9.47 Å². The van der Waals surface area contributed by atoms with Gasteiger partial charge in [0.05, 0.1) is 0 Å². The van der Waals surface area contributed by atoms with Crippen LogP contribution in [0.25, 0.3) is 0 Å². The number of esters is 2. The number of benzene rings is 2. The highest BCUT2D eigenvalue weighted by Crippen LogP contribution is 2.35. The molecule has 2 aliphatic rings. The van der Waals surface area contributed by atoms with E-state index in [1.54, 1.807) is 0 Å². The summed E-state index contributed by atoms with van der Waals surface area (Å²) in [6, 6.07) is 11.0. The van der Waals surface area contributed by atoms with Crippen LogP contribution >= 0.6 is 23.2 Å². The number of hydrogen-bond acceptors (Lipinski definition) is 8. The molecule has 2 aromatic carbocycles. The van der Waals surface area contributed by atoms with Crippen LogP contribution in [0, 0.1) is 11.8 Å².